The van der Waals surface area contributed by atoms with Crippen LogP contribution in [-0.4, -0.2) is 41.8 Å². The standard InChI is InChI=1S/C22H22F6N4O/c1-11-12(3-2-4-18(33)32-9-16-17(10-32)19(16)29)8-30-20(31-11)13-5-14(21(23,24)25)7-15(6-13)22(26,27)28/h2,4-8,11,16-17,19H,3,9-10,29H2,1H3,(H,30,31). The predicted molar refractivity (Wildman–Crippen MR) is 109 cm³/mol. The first-order valence-electron chi connectivity index (χ1n) is 10.4. The number of benzene rings is 1. The Kier molecular flexibility index (Phi) is 5.80. The molecular weight excluding hydrogens is 450 g/mol. The number of carbonyl (C=O) groups is 1. The van der Waals surface area contributed by atoms with Crippen molar-refractivity contribution in [3.8, 4) is 0 Å². The van der Waals surface area contributed by atoms with Crippen molar-refractivity contribution in [1.29, 1.82) is 0 Å². The van der Waals surface area contributed by atoms with E-state index in [1.165, 1.54) is 12.3 Å². The van der Waals surface area contributed by atoms with Gasteiger partial charge in [-0.2, -0.15) is 26.3 Å². The van der Waals surface area contributed by atoms with Gasteiger partial charge in [-0.15, -0.1) is 0 Å². The Morgan fingerprint density at radius 3 is 2.21 bits per heavy atom. The van der Waals surface area contributed by atoms with Gasteiger partial charge in [0, 0.05) is 30.9 Å². The maximum absolute atomic E-state index is 13.1. The van der Waals surface area contributed by atoms with E-state index in [9.17, 15) is 31.1 Å². The molecule has 0 spiro atoms. The van der Waals surface area contributed by atoms with E-state index >= 15 is 0 Å². The van der Waals surface area contributed by atoms with Crippen molar-refractivity contribution in [2.24, 2.45) is 22.6 Å². The molecule has 1 saturated carbocycles. The van der Waals surface area contributed by atoms with Gasteiger partial charge in [-0.05, 0) is 55.0 Å². The lowest BCUT2D eigenvalue weighted by Gasteiger charge is -2.21. The van der Waals surface area contributed by atoms with Crippen LogP contribution in [0, 0.1) is 11.8 Å². The third kappa shape index (κ3) is 4.92. The number of nitrogens with two attached hydrogens (primary N) is 1. The molecule has 1 aromatic carbocycles. The van der Waals surface area contributed by atoms with Crippen molar-refractivity contribution < 1.29 is 31.1 Å². The minimum absolute atomic E-state index is 0.0803. The van der Waals surface area contributed by atoms with Gasteiger partial charge in [-0.1, -0.05) is 6.08 Å². The summed E-state index contributed by atoms with van der Waals surface area (Å²) in [5, 5.41) is 2.69. The van der Waals surface area contributed by atoms with Gasteiger partial charge in [-0.3, -0.25) is 9.79 Å². The molecule has 0 aromatic heterocycles. The maximum atomic E-state index is 13.1. The zero-order chi connectivity index (χ0) is 24.1. The van der Waals surface area contributed by atoms with Crippen LogP contribution in [-0.2, 0) is 17.1 Å². The average Bonchev–Trinajstić information content (AvgIpc) is 3.11. The van der Waals surface area contributed by atoms with Crippen LogP contribution < -0.4 is 11.1 Å². The zero-order valence-corrected chi connectivity index (χ0v) is 17.5. The molecule has 33 heavy (non-hydrogen) atoms. The highest BCUT2D eigenvalue weighted by Gasteiger charge is 2.54. The number of nitrogens with zero attached hydrogens (tertiary/aromatic N) is 2. The maximum Gasteiger partial charge on any atom is 0.416 e. The molecule has 5 nitrogen and oxygen atoms in total. The molecule has 3 N–H and O–H groups in total. The van der Waals surface area contributed by atoms with Gasteiger partial charge < -0.3 is 16.0 Å². The van der Waals surface area contributed by atoms with Gasteiger partial charge in [0.2, 0.25) is 5.91 Å². The molecule has 2 aliphatic heterocycles. The Morgan fingerprint density at radius 2 is 1.70 bits per heavy atom. The van der Waals surface area contributed by atoms with Crippen LogP contribution in [0.15, 0.2) is 47.1 Å². The molecule has 3 atom stereocenters. The number of carbonyl (C=O) groups excluding carboxylic acids is 1. The van der Waals surface area contributed by atoms with Gasteiger partial charge in [0.15, 0.2) is 0 Å². The summed E-state index contributed by atoms with van der Waals surface area (Å²) in [5.74, 6) is 0.568. The summed E-state index contributed by atoms with van der Waals surface area (Å²) in [6.07, 6.45) is -4.88. The minimum Gasteiger partial charge on any atom is -0.346 e. The SMILES string of the molecule is CC1N=C(c2cc(C(F)(F)F)cc(C(F)(F)F)c2)NC=C1CC=CC(=O)N1CC2C(N)C2C1. The van der Waals surface area contributed by atoms with Gasteiger partial charge in [0.1, 0.15) is 5.84 Å². The van der Waals surface area contributed by atoms with Crippen molar-refractivity contribution in [2.45, 2.75) is 37.8 Å². The van der Waals surface area contributed by atoms with Gasteiger partial charge >= 0.3 is 12.4 Å². The van der Waals surface area contributed by atoms with E-state index in [-0.39, 0.29) is 29.4 Å². The lowest BCUT2D eigenvalue weighted by Crippen LogP contribution is -2.32. The number of hydrogen-bond acceptors (Lipinski definition) is 4. The van der Waals surface area contributed by atoms with Gasteiger partial charge in [-0.25, -0.2) is 0 Å². The smallest absolute Gasteiger partial charge is 0.346 e. The van der Waals surface area contributed by atoms with E-state index in [0.717, 1.165) is 5.57 Å². The Morgan fingerprint density at radius 1 is 1.12 bits per heavy atom. The first-order chi connectivity index (χ1) is 15.3. The summed E-state index contributed by atoms with van der Waals surface area (Å²) in [4.78, 5) is 18.2. The Labute approximate surface area is 186 Å². The number of allylic oxidation sites excluding steroid dienone is 1. The second-order valence-electron chi connectivity index (χ2n) is 8.57. The normalized spacial score (nSPS) is 27.2. The molecule has 2 fully saturated rings. The van der Waals surface area contributed by atoms with Crippen molar-refractivity contribution in [3.05, 3.63) is 58.8 Å². The first kappa shape index (κ1) is 23.3. The van der Waals surface area contributed by atoms with E-state index in [0.29, 0.717) is 43.5 Å². The molecule has 1 saturated heterocycles. The van der Waals surface area contributed by atoms with Crippen molar-refractivity contribution in [1.82, 2.24) is 10.2 Å². The van der Waals surface area contributed by atoms with Gasteiger partial charge in [0.25, 0.3) is 0 Å². The second kappa shape index (κ2) is 8.19. The molecule has 1 aromatic rings. The summed E-state index contributed by atoms with van der Waals surface area (Å²) >= 11 is 0. The van der Waals surface area contributed by atoms with Crippen LogP contribution in [0.5, 0.6) is 0 Å². The topological polar surface area (TPSA) is 70.7 Å². The van der Waals surface area contributed by atoms with E-state index < -0.39 is 29.5 Å². The second-order valence-corrected chi connectivity index (χ2v) is 8.57. The number of halogens is 6. The summed E-state index contributed by atoms with van der Waals surface area (Å²) in [5.41, 5.74) is 3.49. The minimum atomic E-state index is -4.93. The zero-order valence-electron chi connectivity index (χ0n) is 17.5. The van der Waals surface area contributed by atoms with Crippen molar-refractivity contribution >= 4 is 11.7 Å². The summed E-state index contributed by atoms with van der Waals surface area (Å²) in [6, 6.07) is 1.04. The van der Waals surface area contributed by atoms with Crippen LogP contribution in [0.3, 0.4) is 0 Å². The van der Waals surface area contributed by atoms with E-state index in [1.54, 1.807) is 17.9 Å². The monoisotopic (exact) mass is 472 g/mol. The largest absolute Gasteiger partial charge is 0.416 e. The number of rotatable bonds is 4. The Hall–Kier alpha value is -2.82. The van der Waals surface area contributed by atoms with Crippen molar-refractivity contribution in [3.63, 3.8) is 0 Å². The highest BCUT2D eigenvalue weighted by Crippen LogP contribution is 2.43. The number of amides is 1. The molecular formula is C22H22F6N4O. The highest BCUT2D eigenvalue weighted by molar-refractivity contribution is 6.00. The quantitative estimate of drug-likeness (QED) is 0.519. The number of fused-ring (bicyclic) bond motifs is 1. The summed E-state index contributed by atoms with van der Waals surface area (Å²) in [7, 11) is 0. The molecule has 11 heteroatoms. The third-order valence-corrected chi connectivity index (χ3v) is 6.30. The molecule has 2 heterocycles. The van der Waals surface area contributed by atoms with Crippen LogP contribution >= 0.6 is 0 Å². The summed E-state index contributed by atoms with van der Waals surface area (Å²) < 4.78 is 78.7. The number of nitrogens with one attached hydrogen (secondary N) is 1. The van der Waals surface area contributed by atoms with Crippen LogP contribution in [0.1, 0.15) is 30.0 Å². The first-order valence-corrected chi connectivity index (χ1v) is 10.4. The average molecular weight is 472 g/mol. The molecule has 1 aliphatic carbocycles. The van der Waals surface area contributed by atoms with Crippen LogP contribution in [0.25, 0.3) is 0 Å². The lowest BCUT2D eigenvalue weighted by molar-refractivity contribution is -0.143. The van der Waals surface area contributed by atoms with E-state index in [2.05, 4.69) is 10.3 Å². The van der Waals surface area contributed by atoms with E-state index in [4.69, 9.17) is 5.73 Å². The molecule has 0 radical (unpaired) electrons. The molecule has 4 rings (SSSR count). The van der Waals surface area contributed by atoms with Crippen LogP contribution in [0.2, 0.25) is 0 Å². The number of likely N-dealkylation sites (tertiary alicyclic amines) is 1. The summed E-state index contributed by atoms with van der Waals surface area (Å²) in [6.45, 7) is 2.98. The van der Waals surface area contributed by atoms with Gasteiger partial charge in [0.05, 0.1) is 17.2 Å². The van der Waals surface area contributed by atoms with E-state index in [1.807, 2.05) is 0 Å². The molecule has 0 bridgehead atoms. The van der Waals surface area contributed by atoms with Crippen LogP contribution in [0.4, 0.5) is 26.3 Å². The Bertz CT molecular complexity index is 998. The fourth-order valence-electron chi connectivity index (χ4n) is 4.23. The lowest BCUT2D eigenvalue weighted by atomic mass is 10.0. The fourth-order valence-corrected chi connectivity index (χ4v) is 4.23. The third-order valence-electron chi connectivity index (χ3n) is 6.30. The Balaban J connectivity index is 1.43. The number of hydrogen-bond donors (Lipinski definition) is 2. The predicted octanol–water partition coefficient (Wildman–Crippen LogP) is 3.71. The number of alkyl halides is 6. The number of piperidine rings is 1. The molecule has 3 aliphatic rings. The highest BCUT2D eigenvalue weighted by atomic mass is 19.4. The van der Waals surface area contributed by atoms with Crippen molar-refractivity contribution in [2.75, 3.05) is 13.1 Å². The fraction of sp³-hybridized carbons (Fsp3) is 0.455. The molecule has 3 unspecified atom stereocenters. The molecule has 178 valence electrons. The number of aliphatic imine (C=N–C) groups is 1. The number of amidine groups is 1. The molecule has 1 amide bonds.